The average Bonchev–Trinajstić information content (AvgIpc) is 2.60. The van der Waals surface area contributed by atoms with E-state index >= 15 is 0 Å². The molecule has 0 saturated heterocycles. The fraction of sp³-hybridized carbons (Fsp3) is 0.909. The molecule has 2 saturated carbocycles. The standard InChI is InChI=1S/C6H11.C5H11N.V/c1-2-4-6-5-3-1;6-5-3-1-2-4-5;/h1H,2-6H2;5H,1-4,6H2;/q-1;;. The van der Waals surface area contributed by atoms with Gasteiger partial charge < -0.3 is 12.2 Å². The van der Waals surface area contributed by atoms with Crippen molar-refractivity contribution in [1.29, 1.82) is 0 Å². The number of hydrogen-bond acceptors (Lipinski definition) is 1. The fourth-order valence-corrected chi connectivity index (χ4v) is 1.86. The van der Waals surface area contributed by atoms with Crippen LogP contribution in [0.1, 0.15) is 57.8 Å². The van der Waals surface area contributed by atoms with E-state index in [0.29, 0.717) is 6.04 Å². The van der Waals surface area contributed by atoms with E-state index in [0.717, 1.165) is 0 Å². The Bertz CT molecular complexity index is 84.8. The van der Waals surface area contributed by atoms with E-state index in [2.05, 4.69) is 6.42 Å². The summed E-state index contributed by atoms with van der Waals surface area (Å²) in [5.74, 6) is 0. The molecule has 0 unspecified atom stereocenters. The normalized spacial score (nSPS) is 22.8. The van der Waals surface area contributed by atoms with Gasteiger partial charge in [0.25, 0.3) is 0 Å². The molecule has 0 spiro atoms. The predicted molar refractivity (Wildman–Crippen MR) is 53.8 cm³/mol. The monoisotopic (exact) mass is 219 g/mol. The molecule has 2 aliphatic carbocycles. The number of rotatable bonds is 0. The van der Waals surface area contributed by atoms with E-state index < -0.39 is 0 Å². The molecule has 0 heterocycles. The van der Waals surface area contributed by atoms with Crippen LogP contribution in [0.15, 0.2) is 0 Å². The van der Waals surface area contributed by atoms with Gasteiger partial charge in [-0.1, -0.05) is 32.1 Å². The van der Waals surface area contributed by atoms with Crippen LogP contribution in [-0.2, 0) is 18.6 Å². The summed E-state index contributed by atoms with van der Waals surface area (Å²) in [7, 11) is 0. The number of nitrogens with two attached hydrogens (primary N) is 1. The van der Waals surface area contributed by atoms with Gasteiger partial charge in [0.05, 0.1) is 0 Å². The summed E-state index contributed by atoms with van der Waals surface area (Å²) in [6.07, 6.45) is 14.8. The van der Waals surface area contributed by atoms with Crippen molar-refractivity contribution in [3.63, 3.8) is 0 Å². The molecule has 0 aromatic heterocycles. The topological polar surface area (TPSA) is 26.0 Å². The van der Waals surface area contributed by atoms with Gasteiger partial charge in [-0.05, 0) is 12.8 Å². The molecular formula is C11H22NV-. The minimum atomic E-state index is 0. The zero-order valence-corrected chi connectivity index (χ0v) is 9.94. The molecule has 0 aromatic carbocycles. The maximum Gasteiger partial charge on any atom is 0.00388 e. The second-order valence-electron chi connectivity index (χ2n) is 3.97. The molecule has 1 nitrogen and oxygen atoms in total. The Morgan fingerprint density at radius 1 is 0.846 bits per heavy atom. The van der Waals surface area contributed by atoms with E-state index in [-0.39, 0.29) is 18.6 Å². The van der Waals surface area contributed by atoms with Gasteiger partial charge >= 0.3 is 0 Å². The maximum atomic E-state index is 5.53. The quantitative estimate of drug-likeness (QED) is 0.622. The van der Waals surface area contributed by atoms with Crippen LogP contribution in [-0.4, -0.2) is 6.04 Å². The smallest absolute Gasteiger partial charge is 0.00388 e. The molecule has 2 aliphatic rings. The van der Waals surface area contributed by atoms with Crippen molar-refractivity contribution in [2.75, 3.05) is 0 Å². The summed E-state index contributed by atoms with van der Waals surface area (Å²) in [6, 6.07) is 0.546. The van der Waals surface area contributed by atoms with Gasteiger partial charge in [0.1, 0.15) is 0 Å². The molecule has 2 N–H and O–H groups in total. The summed E-state index contributed by atoms with van der Waals surface area (Å²) >= 11 is 0. The summed E-state index contributed by atoms with van der Waals surface area (Å²) < 4.78 is 0. The summed E-state index contributed by atoms with van der Waals surface area (Å²) in [6.45, 7) is 0. The zero-order valence-electron chi connectivity index (χ0n) is 8.54. The van der Waals surface area contributed by atoms with Crippen molar-refractivity contribution < 1.29 is 18.6 Å². The summed E-state index contributed by atoms with van der Waals surface area (Å²) in [5.41, 5.74) is 5.53. The van der Waals surface area contributed by atoms with Crippen LogP contribution in [0.5, 0.6) is 0 Å². The van der Waals surface area contributed by atoms with Gasteiger partial charge in [0.15, 0.2) is 0 Å². The maximum absolute atomic E-state index is 5.53. The second-order valence-corrected chi connectivity index (χ2v) is 3.97. The van der Waals surface area contributed by atoms with E-state index in [4.69, 9.17) is 5.73 Å². The third kappa shape index (κ3) is 7.60. The summed E-state index contributed by atoms with van der Waals surface area (Å²) in [4.78, 5) is 0. The van der Waals surface area contributed by atoms with Crippen LogP contribution >= 0.6 is 0 Å². The second kappa shape index (κ2) is 9.11. The Labute approximate surface area is 94.7 Å². The molecule has 0 aromatic rings. The molecular weight excluding hydrogens is 197 g/mol. The first-order chi connectivity index (χ1) is 5.89. The molecule has 2 heteroatoms. The van der Waals surface area contributed by atoms with E-state index in [9.17, 15) is 0 Å². The third-order valence-corrected chi connectivity index (χ3v) is 2.72. The summed E-state index contributed by atoms with van der Waals surface area (Å²) in [5, 5.41) is 0. The first-order valence-electron chi connectivity index (χ1n) is 5.47. The van der Waals surface area contributed by atoms with Crippen molar-refractivity contribution >= 4 is 0 Å². The predicted octanol–water partition coefficient (Wildman–Crippen LogP) is 3.04. The molecule has 1 radical (unpaired) electrons. The van der Waals surface area contributed by atoms with Gasteiger partial charge in [-0.3, -0.25) is 0 Å². The van der Waals surface area contributed by atoms with Crippen molar-refractivity contribution in [2.24, 2.45) is 5.73 Å². The van der Waals surface area contributed by atoms with E-state index in [1.54, 1.807) is 0 Å². The van der Waals surface area contributed by atoms with Crippen molar-refractivity contribution in [3.05, 3.63) is 6.42 Å². The Morgan fingerprint density at radius 2 is 1.38 bits per heavy atom. The SMILES string of the molecule is NC1CCCC1.[CH-]1CCCCC1.[V]. The van der Waals surface area contributed by atoms with Gasteiger partial charge in [-0.25, -0.2) is 0 Å². The largest absolute Gasteiger partial charge is 0.328 e. The molecule has 13 heavy (non-hydrogen) atoms. The molecule has 0 amide bonds. The Morgan fingerprint density at radius 3 is 1.54 bits per heavy atom. The van der Waals surface area contributed by atoms with Crippen LogP contribution < -0.4 is 5.73 Å². The van der Waals surface area contributed by atoms with Gasteiger partial charge in [0.2, 0.25) is 0 Å². The first-order valence-corrected chi connectivity index (χ1v) is 5.47. The van der Waals surface area contributed by atoms with Crippen molar-refractivity contribution in [3.8, 4) is 0 Å². The molecule has 0 atom stereocenters. The van der Waals surface area contributed by atoms with Gasteiger partial charge in [-0.15, -0.1) is 0 Å². The van der Waals surface area contributed by atoms with Crippen molar-refractivity contribution in [2.45, 2.75) is 63.8 Å². The number of hydrogen-bond donors (Lipinski definition) is 1. The Balaban J connectivity index is 0.000000206. The van der Waals surface area contributed by atoms with E-state index in [1.807, 2.05) is 0 Å². The average molecular weight is 219 g/mol. The molecule has 0 aliphatic heterocycles. The van der Waals surface area contributed by atoms with Gasteiger partial charge in [-0.2, -0.15) is 12.8 Å². The van der Waals surface area contributed by atoms with Crippen LogP contribution in [0.2, 0.25) is 0 Å². The molecule has 2 fully saturated rings. The van der Waals surface area contributed by atoms with Crippen LogP contribution in [0, 0.1) is 6.42 Å². The Hall–Kier alpha value is 0.544. The first kappa shape index (κ1) is 13.5. The van der Waals surface area contributed by atoms with Crippen molar-refractivity contribution in [1.82, 2.24) is 0 Å². The Kier molecular flexibility index (Phi) is 9.49. The van der Waals surface area contributed by atoms with Crippen LogP contribution in [0.25, 0.3) is 0 Å². The minimum Gasteiger partial charge on any atom is -0.328 e. The molecule has 0 bridgehead atoms. The van der Waals surface area contributed by atoms with Crippen LogP contribution in [0.4, 0.5) is 0 Å². The zero-order chi connectivity index (χ0) is 8.65. The van der Waals surface area contributed by atoms with Crippen LogP contribution in [0.3, 0.4) is 0 Å². The minimum absolute atomic E-state index is 0. The molecule has 77 valence electrons. The van der Waals surface area contributed by atoms with E-state index in [1.165, 1.54) is 57.8 Å². The third-order valence-electron chi connectivity index (χ3n) is 2.72. The molecule has 2 rings (SSSR count). The fourth-order valence-electron chi connectivity index (χ4n) is 1.86. The van der Waals surface area contributed by atoms with Gasteiger partial charge in [0, 0.05) is 24.6 Å².